The topological polar surface area (TPSA) is 158 Å². The van der Waals surface area contributed by atoms with Crippen LogP contribution in [0, 0.1) is 5.92 Å². The van der Waals surface area contributed by atoms with Crippen LogP contribution in [0.1, 0.15) is 95.2 Å². The van der Waals surface area contributed by atoms with Gasteiger partial charge in [-0.3, -0.25) is 34.4 Å². The second-order valence-electron chi connectivity index (χ2n) is 18.6. The lowest BCUT2D eigenvalue weighted by molar-refractivity contribution is -0.120. The van der Waals surface area contributed by atoms with E-state index in [0.717, 1.165) is 88.5 Å². The van der Waals surface area contributed by atoms with E-state index in [4.69, 9.17) is 15.6 Å². The molecule has 0 bridgehead atoms. The van der Waals surface area contributed by atoms with E-state index in [-0.39, 0.29) is 24.3 Å². The first kappa shape index (κ1) is 43.4. The van der Waals surface area contributed by atoms with Crippen LogP contribution in [0.5, 0.6) is 11.5 Å². The molecule has 4 aromatic carbocycles. The van der Waals surface area contributed by atoms with Crippen molar-refractivity contribution in [2.75, 3.05) is 62.6 Å². The maximum Gasteiger partial charge on any atom is 0.328 e. The maximum absolute atomic E-state index is 13.5. The van der Waals surface area contributed by atoms with Crippen LogP contribution < -0.4 is 26.0 Å². The molecule has 0 radical (unpaired) electrons. The molecule has 0 spiro atoms. The summed E-state index contributed by atoms with van der Waals surface area (Å²) in [6.45, 7) is 7.70. The standard InChI is InChI=1S/C52H59N9O5/c53-49(63)47-48(39-15-19-44(20-16-39)66-43-7-2-1-3-8-43)56-61-45(21-25-54-50(47)61)38-13-17-41(18-14-38)58-31-29-57(30-32-58)34-35-9-11-36(12-10-35)37-22-26-59(27-23-37)51(64)40-5-4-6-42(33-40)60-28-24-46(62)55-52(60)65/h1-12,15-16,19-20,33,37-38,41,45,54H,13-14,17-18,21-32,34H2,(H2,53,63)(H,55,62,65)/t38?,41?,45-/m0/s1. The number of piperidine rings is 1. The number of amides is 5. The number of hydrogen-bond acceptors (Lipinski definition) is 9. The lowest BCUT2D eigenvalue weighted by Gasteiger charge is -2.43. The molecule has 1 atom stereocenters. The Morgan fingerprint density at radius 1 is 0.742 bits per heavy atom. The highest BCUT2D eigenvalue weighted by Crippen LogP contribution is 2.43. The predicted octanol–water partition coefficient (Wildman–Crippen LogP) is 7.64. The molecular formula is C52H59N9O5. The first-order chi connectivity index (χ1) is 32.2. The average molecular weight is 890 g/mol. The number of nitrogens with zero attached hydrogens (tertiary/aromatic N) is 6. The van der Waals surface area contributed by atoms with Gasteiger partial charge < -0.3 is 20.7 Å². The van der Waals surface area contributed by atoms with E-state index < -0.39 is 11.9 Å². The van der Waals surface area contributed by atoms with Crippen LogP contribution in [-0.4, -0.2) is 107 Å². The fourth-order valence-electron chi connectivity index (χ4n) is 11.0. The second-order valence-corrected chi connectivity index (χ2v) is 18.6. The zero-order valence-electron chi connectivity index (χ0n) is 37.4. The molecule has 66 heavy (non-hydrogen) atoms. The molecule has 342 valence electrons. The number of ether oxygens (including phenoxy) is 1. The monoisotopic (exact) mass is 889 g/mol. The summed E-state index contributed by atoms with van der Waals surface area (Å²) in [6, 6.07) is 34.0. The first-order valence-corrected chi connectivity index (χ1v) is 23.8. The number of nitrogens with two attached hydrogens (primary N) is 1. The van der Waals surface area contributed by atoms with Crippen molar-refractivity contribution >= 4 is 35.3 Å². The Balaban J connectivity index is 0.681. The quantitative estimate of drug-likeness (QED) is 0.121. The number of urea groups is 1. The van der Waals surface area contributed by atoms with Crippen LogP contribution in [0.15, 0.2) is 103 Å². The third-order valence-electron chi connectivity index (χ3n) is 14.6. The number of aromatic nitrogens is 2. The minimum atomic E-state index is -0.471. The molecule has 1 aliphatic carbocycles. The van der Waals surface area contributed by atoms with Gasteiger partial charge in [0, 0.05) is 88.2 Å². The molecule has 1 saturated carbocycles. The van der Waals surface area contributed by atoms with Gasteiger partial charge in [0.25, 0.3) is 11.8 Å². The van der Waals surface area contributed by atoms with Crippen molar-refractivity contribution < 1.29 is 23.9 Å². The molecule has 4 aliphatic heterocycles. The van der Waals surface area contributed by atoms with Crippen LogP contribution in [0.4, 0.5) is 16.3 Å². The van der Waals surface area contributed by atoms with Crippen molar-refractivity contribution in [2.24, 2.45) is 11.7 Å². The van der Waals surface area contributed by atoms with E-state index >= 15 is 0 Å². The Morgan fingerprint density at radius 2 is 1.47 bits per heavy atom. The summed E-state index contributed by atoms with van der Waals surface area (Å²) in [5.74, 6) is 2.35. The predicted molar refractivity (Wildman–Crippen MR) is 254 cm³/mol. The Bertz CT molecular complexity index is 2540. The minimum absolute atomic E-state index is 0.0254. The number of primary amides is 1. The number of para-hydroxylation sites is 1. The highest BCUT2D eigenvalue weighted by atomic mass is 16.5. The number of benzene rings is 4. The van der Waals surface area contributed by atoms with Gasteiger partial charge in [0.2, 0.25) is 5.91 Å². The van der Waals surface area contributed by atoms with Crippen LogP contribution in [0.2, 0.25) is 0 Å². The largest absolute Gasteiger partial charge is 0.457 e. The summed E-state index contributed by atoms with van der Waals surface area (Å²) in [5, 5.41) is 10.9. The van der Waals surface area contributed by atoms with Crippen molar-refractivity contribution in [3.8, 4) is 22.8 Å². The van der Waals surface area contributed by atoms with Gasteiger partial charge in [-0.2, -0.15) is 5.10 Å². The van der Waals surface area contributed by atoms with Crippen LogP contribution in [0.25, 0.3) is 11.3 Å². The smallest absolute Gasteiger partial charge is 0.328 e. The number of rotatable bonds is 11. The Kier molecular flexibility index (Phi) is 12.6. The number of carbonyl (C=O) groups is 4. The van der Waals surface area contributed by atoms with Gasteiger partial charge in [-0.25, -0.2) is 9.48 Å². The van der Waals surface area contributed by atoms with Crippen LogP contribution in [0.3, 0.4) is 0 Å². The van der Waals surface area contributed by atoms with Crippen molar-refractivity contribution in [2.45, 2.75) is 75.9 Å². The number of hydrogen-bond donors (Lipinski definition) is 3. The molecule has 10 rings (SSSR count). The van der Waals surface area contributed by atoms with Gasteiger partial charge >= 0.3 is 6.03 Å². The highest BCUT2D eigenvalue weighted by Gasteiger charge is 2.37. The molecule has 5 amide bonds. The molecule has 4 fully saturated rings. The molecule has 0 unspecified atom stereocenters. The van der Waals surface area contributed by atoms with Gasteiger partial charge in [0.1, 0.15) is 28.6 Å². The number of nitrogens with one attached hydrogen (secondary N) is 2. The summed E-state index contributed by atoms with van der Waals surface area (Å²) >= 11 is 0. The average Bonchev–Trinajstić information content (AvgIpc) is 3.76. The van der Waals surface area contributed by atoms with E-state index in [1.165, 1.54) is 28.9 Å². The fourth-order valence-corrected chi connectivity index (χ4v) is 11.0. The second kappa shape index (κ2) is 19.1. The number of likely N-dealkylation sites (tertiary alicyclic amines) is 1. The number of carbonyl (C=O) groups excluding carboxylic acids is 4. The van der Waals surface area contributed by atoms with E-state index in [1.54, 1.807) is 24.3 Å². The van der Waals surface area contributed by atoms with Crippen molar-refractivity contribution in [1.82, 2.24) is 29.8 Å². The van der Waals surface area contributed by atoms with Gasteiger partial charge in [-0.05, 0) is 123 Å². The number of fused-ring (bicyclic) bond motifs is 1. The lowest BCUT2D eigenvalue weighted by atomic mass is 9.79. The Labute approximate surface area is 386 Å². The summed E-state index contributed by atoms with van der Waals surface area (Å²) in [7, 11) is 0. The van der Waals surface area contributed by atoms with Crippen LogP contribution >= 0.6 is 0 Å². The Hall–Kier alpha value is -6.51. The molecule has 1 aromatic heterocycles. The lowest BCUT2D eigenvalue weighted by Crippen LogP contribution is -2.51. The first-order valence-electron chi connectivity index (χ1n) is 23.8. The molecule has 14 nitrogen and oxygen atoms in total. The van der Waals surface area contributed by atoms with Crippen molar-refractivity contribution in [3.05, 3.63) is 125 Å². The van der Waals surface area contributed by atoms with E-state index in [0.29, 0.717) is 65.8 Å². The molecule has 3 saturated heterocycles. The van der Waals surface area contributed by atoms with Crippen molar-refractivity contribution in [1.29, 1.82) is 0 Å². The summed E-state index contributed by atoms with van der Waals surface area (Å²) < 4.78 is 8.08. The van der Waals surface area contributed by atoms with Gasteiger partial charge in [0.05, 0.1) is 6.04 Å². The number of piperazine rings is 1. The molecule has 5 aliphatic rings. The number of imide groups is 1. The van der Waals surface area contributed by atoms with E-state index in [2.05, 4.69) is 49.4 Å². The van der Waals surface area contributed by atoms with Gasteiger partial charge in [-0.15, -0.1) is 0 Å². The van der Waals surface area contributed by atoms with E-state index in [9.17, 15) is 19.2 Å². The highest BCUT2D eigenvalue weighted by molar-refractivity contribution is 6.06. The zero-order valence-corrected chi connectivity index (χ0v) is 37.4. The zero-order chi connectivity index (χ0) is 45.1. The SMILES string of the molecule is NC(=O)c1c(-c2ccc(Oc3ccccc3)cc2)nn2c1NCC[C@H]2C1CCC(N2CCN(Cc3ccc(C4CCN(C(=O)c5cccc(N6CCC(=O)NC6=O)c5)CC4)cc3)CC2)CC1. The third-order valence-corrected chi connectivity index (χ3v) is 14.6. The minimum Gasteiger partial charge on any atom is -0.457 e. The van der Waals surface area contributed by atoms with E-state index in [1.807, 2.05) is 59.5 Å². The van der Waals surface area contributed by atoms with Crippen molar-refractivity contribution in [3.63, 3.8) is 0 Å². The molecule has 5 aromatic rings. The molecule has 4 N–H and O–H groups in total. The van der Waals surface area contributed by atoms with Gasteiger partial charge in [-0.1, -0.05) is 48.5 Å². The number of anilines is 2. The molecular weight excluding hydrogens is 831 g/mol. The maximum atomic E-state index is 13.5. The Morgan fingerprint density at radius 3 is 2.18 bits per heavy atom. The van der Waals surface area contributed by atoms with Gasteiger partial charge in [0.15, 0.2) is 0 Å². The summed E-state index contributed by atoms with van der Waals surface area (Å²) in [4.78, 5) is 59.1. The molecule has 5 heterocycles. The fraction of sp³-hybridized carbons (Fsp3) is 0.404. The summed E-state index contributed by atoms with van der Waals surface area (Å²) in [5.41, 5.74) is 11.8. The summed E-state index contributed by atoms with van der Waals surface area (Å²) in [6.07, 6.45) is 7.66. The van der Waals surface area contributed by atoms with Crippen LogP contribution in [-0.2, 0) is 11.3 Å². The normalized spacial score (nSPS) is 22.0. The third kappa shape index (κ3) is 9.29. The molecule has 14 heteroatoms.